The quantitative estimate of drug-likeness (QED) is 0.700. The fourth-order valence-electron chi connectivity index (χ4n) is 3.03. The number of sulfonamides is 1. The fraction of sp³-hybridized carbons (Fsp3) is 0.316. The van der Waals surface area contributed by atoms with Crippen LogP contribution in [0.1, 0.15) is 10.4 Å². The van der Waals surface area contributed by atoms with Crippen molar-refractivity contribution in [2.75, 3.05) is 45.0 Å². The number of para-hydroxylation sites is 1. The van der Waals surface area contributed by atoms with E-state index in [9.17, 15) is 21.6 Å². The molecule has 9 nitrogen and oxygen atoms in total. The molecule has 162 valence electrons. The minimum atomic E-state index is -3.91. The number of hydrogen-bond acceptors (Lipinski definition) is 7. The van der Waals surface area contributed by atoms with Crippen LogP contribution >= 0.6 is 0 Å². The lowest BCUT2D eigenvalue weighted by molar-refractivity contribution is 0.0729. The largest absolute Gasteiger partial charge is 0.495 e. The highest BCUT2D eigenvalue weighted by Crippen LogP contribution is 2.29. The Morgan fingerprint density at radius 3 is 2.33 bits per heavy atom. The summed E-state index contributed by atoms with van der Waals surface area (Å²) < 4.78 is 61.7. The number of nitrogens with zero attached hydrogens (tertiary/aromatic N) is 1. The van der Waals surface area contributed by atoms with Crippen LogP contribution in [0.5, 0.6) is 5.75 Å². The third-order valence-corrected chi connectivity index (χ3v) is 7.62. The zero-order valence-corrected chi connectivity index (χ0v) is 18.1. The van der Waals surface area contributed by atoms with Gasteiger partial charge in [-0.1, -0.05) is 12.1 Å². The van der Waals surface area contributed by atoms with Crippen LogP contribution in [0.3, 0.4) is 0 Å². The number of morpholine rings is 1. The third-order valence-electron chi connectivity index (χ3n) is 4.55. The molecule has 0 saturated carbocycles. The summed E-state index contributed by atoms with van der Waals surface area (Å²) in [5.41, 5.74) is 0.157. The molecule has 1 aliphatic rings. The minimum absolute atomic E-state index is 0.0342. The van der Waals surface area contributed by atoms with E-state index < -0.39 is 25.8 Å². The number of rotatable bonds is 6. The second kappa shape index (κ2) is 8.72. The molecule has 2 aromatic carbocycles. The molecule has 3 rings (SSSR count). The van der Waals surface area contributed by atoms with Crippen molar-refractivity contribution in [3.8, 4) is 5.75 Å². The Hall–Kier alpha value is -2.47. The van der Waals surface area contributed by atoms with Gasteiger partial charge in [-0.05, 0) is 30.3 Å². The molecule has 0 bridgehead atoms. The summed E-state index contributed by atoms with van der Waals surface area (Å²) in [5.74, 6) is -0.540. The fourth-order valence-corrected chi connectivity index (χ4v) is 5.47. The lowest BCUT2D eigenvalue weighted by Gasteiger charge is -2.26. The number of benzene rings is 2. The highest BCUT2D eigenvalue weighted by Gasteiger charge is 2.30. The predicted octanol–water partition coefficient (Wildman–Crippen LogP) is 1.37. The van der Waals surface area contributed by atoms with Crippen LogP contribution in [0, 0.1) is 0 Å². The first-order valence-corrected chi connectivity index (χ1v) is 12.3. The lowest BCUT2D eigenvalue weighted by Crippen LogP contribution is -2.40. The van der Waals surface area contributed by atoms with Crippen LogP contribution in [-0.2, 0) is 24.6 Å². The monoisotopic (exact) mass is 454 g/mol. The molecule has 30 heavy (non-hydrogen) atoms. The maximum absolute atomic E-state index is 13.1. The van der Waals surface area contributed by atoms with E-state index in [4.69, 9.17) is 9.47 Å². The first-order valence-electron chi connectivity index (χ1n) is 9.01. The molecule has 1 amide bonds. The van der Waals surface area contributed by atoms with E-state index in [1.165, 1.54) is 41.7 Å². The number of methoxy groups -OCH3 is 1. The van der Waals surface area contributed by atoms with Gasteiger partial charge in [0.25, 0.3) is 5.91 Å². The normalized spacial score (nSPS) is 15.5. The Balaban J connectivity index is 1.97. The summed E-state index contributed by atoms with van der Waals surface area (Å²) in [6.07, 6.45) is 1.04. The molecule has 1 aliphatic heterocycles. The summed E-state index contributed by atoms with van der Waals surface area (Å²) in [7, 11) is -6.14. The van der Waals surface area contributed by atoms with Gasteiger partial charge in [-0.3, -0.25) is 4.79 Å². The van der Waals surface area contributed by atoms with Crippen molar-refractivity contribution in [3.05, 3.63) is 48.0 Å². The second-order valence-electron chi connectivity index (χ2n) is 6.60. The Bertz CT molecular complexity index is 1160. The maximum atomic E-state index is 13.1. The van der Waals surface area contributed by atoms with Crippen LogP contribution < -0.4 is 10.1 Å². The van der Waals surface area contributed by atoms with Gasteiger partial charge in [-0.15, -0.1) is 0 Å². The topological polar surface area (TPSA) is 119 Å². The second-order valence-corrected chi connectivity index (χ2v) is 10.5. The average molecular weight is 455 g/mol. The van der Waals surface area contributed by atoms with Gasteiger partial charge in [0, 0.05) is 24.9 Å². The van der Waals surface area contributed by atoms with Crippen LogP contribution in [-0.4, -0.2) is 66.7 Å². The minimum Gasteiger partial charge on any atom is -0.495 e. The third kappa shape index (κ3) is 4.64. The van der Waals surface area contributed by atoms with Gasteiger partial charge in [0.1, 0.15) is 10.6 Å². The Kier molecular flexibility index (Phi) is 6.46. The van der Waals surface area contributed by atoms with Gasteiger partial charge in [0.15, 0.2) is 9.84 Å². The number of carbonyl (C=O) groups is 1. The van der Waals surface area contributed by atoms with E-state index in [1.807, 2.05) is 0 Å². The summed E-state index contributed by atoms with van der Waals surface area (Å²) >= 11 is 0. The molecule has 1 heterocycles. The number of hydrogen-bond donors (Lipinski definition) is 1. The molecule has 11 heteroatoms. The first kappa shape index (κ1) is 22.2. The van der Waals surface area contributed by atoms with Crippen molar-refractivity contribution in [2.45, 2.75) is 9.79 Å². The molecule has 0 spiro atoms. The molecule has 0 unspecified atom stereocenters. The van der Waals surface area contributed by atoms with E-state index in [2.05, 4.69) is 5.32 Å². The van der Waals surface area contributed by atoms with Crippen molar-refractivity contribution in [3.63, 3.8) is 0 Å². The number of amides is 1. The molecule has 1 saturated heterocycles. The van der Waals surface area contributed by atoms with Crippen LogP contribution in [0.15, 0.2) is 52.3 Å². The van der Waals surface area contributed by atoms with Crippen LogP contribution in [0.4, 0.5) is 5.69 Å². The predicted molar refractivity (Wildman–Crippen MR) is 110 cm³/mol. The number of anilines is 1. The smallest absolute Gasteiger partial charge is 0.255 e. The first-order chi connectivity index (χ1) is 14.1. The van der Waals surface area contributed by atoms with Crippen LogP contribution in [0.25, 0.3) is 0 Å². The van der Waals surface area contributed by atoms with Crippen LogP contribution in [0.2, 0.25) is 0 Å². The molecular weight excluding hydrogens is 432 g/mol. The van der Waals surface area contributed by atoms with Gasteiger partial charge in [0.2, 0.25) is 10.0 Å². The highest BCUT2D eigenvalue weighted by atomic mass is 32.2. The van der Waals surface area contributed by atoms with Gasteiger partial charge >= 0.3 is 0 Å². The van der Waals surface area contributed by atoms with Gasteiger partial charge < -0.3 is 14.8 Å². The maximum Gasteiger partial charge on any atom is 0.255 e. The van der Waals surface area contributed by atoms with E-state index in [0.29, 0.717) is 0 Å². The molecule has 0 radical (unpaired) electrons. The summed E-state index contributed by atoms with van der Waals surface area (Å²) in [5, 5.41) is 2.54. The summed E-state index contributed by atoms with van der Waals surface area (Å²) in [6.45, 7) is 0.960. The molecular formula is C19H22N2O7S2. The van der Waals surface area contributed by atoms with Crippen molar-refractivity contribution < 1.29 is 31.1 Å². The van der Waals surface area contributed by atoms with Crippen molar-refractivity contribution >= 4 is 31.5 Å². The number of nitrogens with one attached hydrogen (secondary N) is 1. The van der Waals surface area contributed by atoms with Crippen molar-refractivity contribution in [1.29, 1.82) is 0 Å². The van der Waals surface area contributed by atoms with Gasteiger partial charge in [-0.2, -0.15) is 4.31 Å². The molecule has 0 atom stereocenters. The average Bonchev–Trinajstić information content (AvgIpc) is 2.73. The van der Waals surface area contributed by atoms with Gasteiger partial charge in [-0.25, -0.2) is 16.8 Å². The van der Waals surface area contributed by atoms with Crippen molar-refractivity contribution in [2.24, 2.45) is 0 Å². The molecule has 0 aliphatic carbocycles. The molecule has 0 aromatic heterocycles. The van der Waals surface area contributed by atoms with E-state index in [1.54, 1.807) is 12.1 Å². The zero-order chi connectivity index (χ0) is 21.9. The number of sulfone groups is 1. The van der Waals surface area contributed by atoms with E-state index in [0.717, 1.165) is 6.26 Å². The Morgan fingerprint density at radius 1 is 1.03 bits per heavy atom. The SMILES string of the molecule is COc1ccc(C(=O)Nc2ccccc2S(C)(=O)=O)cc1S(=O)(=O)N1CCOCC1. The number of carbonyl (C=O) groups excluding carboxylic acids is 1. The van der Waals surface area contributed by atoms with Gasteiger partial charge in [0.05, 0.1) is 30.9 Å². The molecule has 2 aromatic rings. The Morgan fingerprint density at radius 2 is 1.70 bits per heavy atom. The molecule has 1 fully saturated rings. The lowest BCUT2D eigenvalue weighted by atomic mass is 10.2. The van der Waals surface area contributed by atoms with Crippen molar-refractivity contribution in [1.82, 2.24) is 4.31 Å². The standard InChI is InChI=1S/C19H22N2O7S2/c1-27-16-8-7-14(13-18(16)30(25,26)21-9-11-28-12-10-21)19(22)20-15-5-3-4-6-17(15)29(2,23)24/h3-8,13H,9-12H2,1-2H3,(H,20,22). The summed E-state index contributed by atoms with van der Waals surface area (Å²) in [6, 6.07) is 10.0. The van der Waals surface area contributed by atoms with E-state index >= 15 is 0 Å². The number of ether oxygens (including phenoxy) is 2. The summed E-state index contributed by atoms with van der Waals surface area (Å²) in [4.78, 5) is 12.6. The zero-order valence-electron chi connectivity index (χ0n) is 16.5. The highest BCUT2D eigenvalue weighted by molar-refractivity contribution is 7.91. The van der Waals surface area contributed by atoms with E-state index in [-0.39, 0.29) is 53.1 Å². The molecule has 1 N–H and O–H groups in total. The Labute approximate surface area is 175 Å².